The number of pyridine rings is 1. The fourth-order valence-corrected chi connectivity index (χ4v) is 3.75. The van der Waals surface area contributed by atoms with Gasteiger partial charge in [0.15, 0.2) is 0 Å². The predicted molar refractivity (Wildman–Crippen MR) is 127 cm³/mol. The zero-order chi connectivity index (χ0) is 24.4. The number of ether oxygens (including phenoxy) is 1. The van der Waals surface area contributed by atoms with E-state index in [1.54, 1.807) is 33.2 Å². The van der Waals surface area contributed by atoms with E-state index in [1.165, 1.54) is 12.1 Å². The Hall–Kier alpha value is -3.88. The van der Waals surface area contributed by atoms with Crippen molar-refractivity contribution < 1.29 is 17.9 Å². The summed E-state index contributed by atoms with van der Waals surface area (Å²) in [6.07, 6.45) is -1.19. The molecule has 2 aromatic heterocycles. The van der Waals surface area contributed by atoms with Gasteiger partial charge in [0, 0.05) is 29.8 Å². The van der Waals surface area contributed by atoms with E-state index in [2.05, 4.69) is 20.3 Å². The van der Waals surface area contributed by atoms with Crippen molar-refractivity contribution in [3.8, 4) is 5.88 Å². The first-order valence-corrected chi connectivity index (χ1v) is 10.6. The van der Waals surface area contributed by atoms with Gasteiger partial charge >= 0.3 is 0 Å². The van der Waals surface area contributed by atoms with Gasteiger partial charge in [-0.3, -0.25) is 0 Å². The maximum absolute atomic E-state index is 14.7. The van der Waals surface area contributed by atoms with Crippen molar-refractivity contribution in [1.82, 2.24) is 15.0 Å². The highest BCUT2D eigenvalue weighted by Gasteiger charge is 2.20. The number of nitrogens with zero attached hydrogens (tertiary/aromatic N) is 4. The molecule has 2 aromatic carbocycles. The van der Waals surface area contributed by atoms with E-state index in [-0.39, 0.29) is 5.56 Å². The van der Waals surface area contributed by atoms with Crippen LogP contribution < -0.4 is 15.0 Å². The van der Waals surface area contributed by atoms with Gasteiger partial charge in [-0.2, -0.15) is 0 Å². The second-order valence-electron chi connectivity index (χ2n) is 7.86. The second kappa shape index (κ2) is 9.54. The van der Waals surface area contributed by atoms with Crippen LogP contribution >= 0.6 is 0 Å². The molecule has 1 atom stereocenters. The summed E-state index contributed by atoms with van der Waals surface area (Å²) >= 11 is 0. The Labute approximate surface area is 195 Å². The highest BCUT2D eigenvalue weighted by atomic mass is 19.3. The molecular formula is C25H24F3N5O. The van der Waals surface area contributed by atoms with Crippen LogP contribution in [0.5, 0.6) is 5.88 Å². The van der Waals surface area contributed by atoms with Crippen molar-refractivity contribution in [2.45, 2.75) is 26.3 Å². The van der Waals surface area contributed by atoms with Crippen LogP contribution in [0.2, 0.25) is 0 Å². The minimum absolute atomic E-state index is 0.139. The maximum atomic E-state index is 14.7. The third-order valence-corrected chi connectivity index (χ3v) is 5.61. The van der Waals surface area contributed by atoms with Gasteiger partial charge in [0.1, 0.15) is 17.5 Å². The number of aromatic nitrogens is 3. The fraction of sp³-hybridized carbons (Fsp3) is 0.240. The van der Waals surface area contributed by atoms with Crippen molar-refractivity contribution in [2.24, 2.45) is 0 Å². The number of fused-ring (bicyclic) bond motifs is 1. The van der Waals surface area contributed by atoms with Crippen LogP contribution in [0.4, 0.5) is 30.4 Å². The minimum atomic E-state index is -2.89. The smallest absolute Gasteiger partial charge is 0.266 e. The molecular weight excluding hydrogens is 443 g/mol. The summed E-state index contributed by atoms with van der Waals surface area (Å²) < 4.78 is 46.2. The number of methoxy groups -OCH3 is 1. The molecule has 176 valence electrons. The zero-order valence-corrected chi connectivity index (χ0v) is 19.2. The van der Waals surface area contributed by atoms with Gasteiger partial charge in [0.25, 0.3) is 6.43 Å². The molecule has 0 saturated heterocycles. The van der Waals surface area contributed by atoms with E-state index in [0.29, 0.717) is 28.4 Å². The summed E-state index contributed by atoms with van der Waals surface area (Å²) in [5, 5.41) is 3.90. The minimum Gasteiger partial charge on any atom is -0.481 e. The van der Waals surface area contributed by atoms with Crippen LogP contribution in [0.25, 0.3) is 10.9 Å². The van der Waals surface area contributed by atoms with E-state index in [9.17, 15) is 13.2 Å². The van der Waals surface area contributed by atoms with Gasteiger partial charge in [-0.1, -0.05) is 18.2 Å². The van der Waals surface area contributed by atoms with Gasteiger partial charge in [-0.15, -0.1) is 0 Å². The first kappa shape index (κ1) is 23.3. The molecule has 0 aliphatic rings. The van der Waals surface area contributed by atoms with E-state index in [1.807, 2.05) is 36.2 Å². The van der Waals surface area contributed by atoms with Crippen molar-refractivity contribution in [3.63, 3.8) is 0 Å². The lowest BCUT2D eigenvalue weighted by Crippen LogP contribution is -2.13. The molecule has 0 radical (unpaired) electrons. The number of hydrogen-bond donors (Lipinski definition) is 1. The SMILES string of the molecule is COc1ccc(N(C)c2ccc3nc(C)nc(N[C@H](C)c4cccc(C(F)F)c4F)c3c2)cn1. The largest absolute Gasteiger partial charge is 0.481 e. The van der Waals surface area contributed by atoms with Crippen molar-refractivity contribution in [2.75, 3.05) is 24.4 Å². The van der Waals surface area contributed by atoms with Gasteiger partial charge in [-0.25, -0.2) is 28.1 Å². The van der Waals surface area contributed by atoms with Crippen LogP contribution in [0.1, 0.15) is 36.3 Å². The average molecular weight is 467 g/mol. The summed E-state index contributed by atoms with van der Waals surface area (Å²) in [7, 11) is 3.46. The maximum Gasteiger partial charge on any atom is 0.266 e. The highest BCUT2D eigenvalue weighted by molar-refractivity contribution is 5.92. The monoisotopic (exact) mass is 467 g/mol. The van der Waals surface area contributed by atoms with Crippen molar-refractivity contribution in [1.29, 1.82) is 0 Å². The zero-order valence-electron chi connectivity index (χ0n) is 19.2. The predicted octanol–water partition coefficient (Wildman–Crippen LogP) is 6.36. The first-order valence-electron chi connectivity index (χ1n) is 10.6. The van der Waals surface area contributed by atoms with Crippen LogP contribution in [0.15, 0.2) is 54.7 Å². The number of hydrogen-bond acceptors (Lipinski definition) is 6. The summed E-state index contributed by atoms with van der Waals surface area (Å²) in [6, 6.07) is 12.8. The van der Waals surface area contributed by atoms with Gasteiger partial charge in [-0.05, 0) is 38.1 Å². The normalized spacial score (nSPS) is 12.1. The van der Waals surface area contributed by atoms with E-state index >= 15 is 0 Å². The molecule has 0 fully saturated rings. The summed E-state index contributed by atoms with van der Waals surface area (Å²) in [6.45, 7) is 3.46. The van der Waals surface area contributed by atoms with E-state index < -0.39 is 23.8 Å². The Kier molecular flexibility index (Phi) is 6.54. The lowest BCUT2D eigenvalue weighted by Gasteiger charge is -2.21. The Morgan fingerprint density at radius 1 is 1.00 bits per heavy atom. The molecule has 4 aromatic rings. The van der Waals surface area contributed by atoms with Crippen LogP contribution in [-0.4, -0.2) is 29.1 Å². The number of anilines is 3. The number of aryl methyl sites for hydroxylation is 1. The highest BCUT2D eigenvalue weighted by Crippen LogP contribution is 2.33. The Bertz CT molecular complexity index is 1310. The fourth-order valence-electron chi connectivity index (χ4n) is 3.75. The van der Waals surface area contributed by atoms with Crippen LogP contribution in [0.3, 0.4) is 0 Å². The molecule has 0 spiro atoms. The van der Waals surface area contributed by atoms with Crippen molar-refractivity contribution >= 4 is 28.1 Å². The van der Waals surface area contributed by atoms with E-state index in [4.69, 9.17) is 4.74 Å². The van der Waals surface area contributed by atoms with Crippen LogP contribution in [0, 0.1) is 12.7 Å². The second-order valence-corrected chi connectivity index (χ2v) is 7.86. The molecule has 0 bridgehead atoms. The molecule has 1 N–H and O–H groups in total. The summed E-state index contributed by atoms with van der Waals surface area (Å²) in [5.41, 5.74) is 1.93. The molecule has 34 heavy (non-hydrogen) atoms. The lowest BCUT2D eigenvalue weighted by molar-refractivity contribution is 0.146. The standard InChI is InChI=1S/C25H24F3N5O/c1-14(18-6-5-7-19(23(18)26)24(27)28)30-25-20-12-16(8-10-21(20)31-15(2)32-25)33(3)17-9-11-22(34-4)29-13-17/h5-14,24H,1-4H3,(H,30,31,32)/t14-/m1/s1. The van der Waals surface area contributed by atoms with E-state index in [0.717, 1.165) is 17.4 Å². The molecule has 0 saturated carbocycles. The molecule has 9 heteroatoms. The summed E-state index contributed by atoms with van der Waals surface area (Å²) in [5.74, 6) is 0.618. The number of benzene rings is 2. The number of alkyl halides is 2. The third kappa shape index (κ3) is 4.59. The van der Waals surface area contributed by atoms with Crippen LogP contribution in [-0.2, 0) is 0 Å². The molecule has 6 nitrogen and oxygen atoms in total. The Morgan fingerprint density at radius 2 is 1.74 bits per heavy atom. The molecule has 0 aliphatic heterocycles. The molecule has 0 unspecified atom stereocenters. The molecule has 2 heterocycles. The third-order valence-electron chi connectivity index (χ3n) is 5.61. The first-order chi connectivity index (χ1) is 16.3. The summed E-state index contributed by atoms with van der Waals surface area (Å²) in [4.78, 5) is 15.2. The number of rotatable bonds is 7. The molecule has 0 amide bonds. The van der Waals surface area contributed by atoms with Gasteiger partial charge < -0.3 is 15.0 Å². The number of halogens is 3. The lowest BCUT2D eigenvalue weighted by atomic mass is 10.0. The quantitative estimate of drug-likeness (QED) is 0.341. The average Bonchev–Trinajstić information content (AvgIpc) is 2.83. The van der Waals surface area contributed by atoms with Gasteiger partial charge in [0.05, 0.1) is 36.1 Å². The van der Waals surface area contributed by atoms with Crippen molar-refractivity contribution in [3.05, 3.63) is 77.5 Å². The Morgan fingerprint density at radius 3 is 2.41 bits per heavy atom. The Balaban J connectivity index is 1.70. The number of nitrogens with one attached hydrogen (secondary N) is 1. The molecule has 0 aliphatic carbocycles. The molecule has 4 rings (SSSR count). The van der Waals surface area contributed by atoms with Gasteiger partial charge in [0.2, 0.25) is 5.88 Å². The topological polar surface area (TPSA) is 63.2 Å².